The molecule has 0 bridgehead atoms. The van der Waals surface area contributed by atoms with Crippen LogP contribution in [-0.2, 0) is 32.6 Å². The lowest BCUT2D eigenvalue weighted by atomic mass is 10.1. The average molecular weight is 405 g/mol. The monoisotopic (exact) mass is 405 g/mol. The van der Waals surface area contributed by atoms with Crippen LogP contribution in [0.1, 0.15) is 29.9 Å². The quantitative estimate of drug-likeness (QED) is 0.762. The summed E-state index contributed by atoms with van der Waals surface area (Å²) in [4.78, 5) is 23.8. The molecule has 0 radical (unpaired) electrons. The molecule has 28 heavy (non-hydrogen) atoms. The van der Waals surface area contributed by atoms with Crippen molar-refractivity contribution in [2.45, 2.75) is 37.6 Å². The summed E-state index contributed by atoms with van der Waals surface area (Å²) < 4.78 is 32.0. The molecular weight excluding hydrogens is 382 g/mol. The van der Waals surface area contributed by atoms with Crippen molar-refractivity contribution in [3.63, 3.8) is 0 Å². The Balaban J connectivity index is 1.67. The van der Waals surface area contributed by atoms with Gasteiger partial charge in [-0.25, -0.2) is 8.42 Å². The van der Waals surface area contributed by atoms with Crippen molar-refractivity contribution in [2.24, 2.45) is 0 Å². The number of aryl methyl sites for hydroxylation is 2. The fourth-order valence-electron chi connectivity index (χ4n) is 3.00. The van der Waals surface area contributed by atoms with Gasteiger partial charge in [0.1, 0.15) is 11.5 Å². The van der Waals surface area contributed by atoms with E-state index in [4.69, 9.17) is 4.42 Å². The number of furan rings is 1. The number of sulfonamides is 1. The van der Waals surface area contributed by atoms with Crippen LogP contribution in [0, 0.1) is 6.92 Å². The molecule has 3 rings (SSSR count). The Bertz CT molecular complexity index is 997. The van der Waals surface area contributed by atoms with E-state index in [2.05, 4.69) is 10.6 Å². The number of rotatable bonds is 6. The number of nitrogens with zero attached hydrogens (tertiary/aromatic N) is 1. The number of carbonyl (C=O) groups excluding carboxylic acids is 2. The molecule has 0 unspecified atom stereocenters. The maximum absolute atomic E-state index is 12.8. The zero-order valence-electron chi connectivity index (χ0n) is 15.8. The molecular formula is C19H23N3O5S. The Labute approximate surface area is 164 Å². The number of nitrogens with one attached hydrogen (secondary N) is 2. The summed E-state index contributed by atoms with van der Waals surface area (Å²) in [5.41, 5.74) is 1.41. The Hall–Kier alpha value is -2.65. The van der Waals surface area contributed by atoms with Gasteiger partial charge in [0.15, 0.2) is 0 Å². The molecule has 0 aliphatic carbocycles. The van der Waals surface area contributed by atoms with Crippen molar-refractivity contribution in [3.05, 3.63) is 47.4 Å². The highest BCUT2D eigenvalue weighted by molar-refractivity contribution is 7.89. The molecule has 2 heterocycles. The predicted octanol–water partition coefficient (Wildman–Crippen LogP) is 1.80. The van der Waals surface area contributed by atoms with Gasteiger partial charge in [0.25, 0.3) is 0 Å². The van der Waals surface area contributed by atoms with Gasteiger partial charge in [0.2, 0.25) is 21.8 Å². The highest BCUT2D eigenvalue weighted by Gasteiger charge is 2.24. The summed E-state index contributed by atoms with van der Waals surface area (Å²) in [6.45, 7) is 1.69. The third-order valence-electron chi connectivity index (χ3n) is 4.53. The minimum absolute atomic E-state index is 0.0742. The van der Waals surface area contributed by atoms with Crippen LogP contribution < -0.4 is 10.6 Å². The standard InChI is InChI=1S/C19H23N3O5S/c1-13-6-7-15(27-13)11-20-19(24)12-22(2)28(25,26)16-8-9-17-14(10-16)4-3-5-18(23)21-17/h6-10H,3-5,11-12H2,1-2H3,(H,20,24)(H,21,23). The van der Waals surface area contributed by atoms with Gasteiger partial charge in [-0.2, -0.15) is 4.31 Å². The van der Waals surface area contributed by atoms with Crippen LogP contribution in [0.25, 0.3) is 0 Å². The van der Waals surface area contributed by atoms with Gasteiger partial charge in [-0.3, -0.25) is 9.59 Å². The molecule has 2 N–H and O–H groups in total. The van der Waals surface area contributed by atoms with Gasteiger partial charge in [-0.05, 0) is 55.7 Å². The van der Waals surface area contributed by atoms with Gasteiger partial charge in [0, 0.05) is 19.2 Å². The zero-order valence-corrected chi connectivity index (χ0v) is 16.6. The number of amides is 2. The normalized spacial score (nSPS) is 14.3. The molecule has 1 aliphatic heterocycles. The van der Waals surface area contributed by atoms with Crippen molar-refractivity contribution in [3.8, 4) is 0 Å². The largest absolute Gasteiger partial charge is 0.465 e. The van der Waals surface area contributed by atoms with Gasteiger partial charge >= 0.3 is 0 Å². The second kappa shape index (κ2) is 8.15. The van der Waals surface area contributed by atoms with E-state index in [1.165, 1.54) is 13.1 Å². The number of fused-ring (bicyclic) bond motifs is 1. The molecule has 150 valence electrons. The van der Waals surface area contributed by atoms with Gasteiger partial charge in [0.05, 0.1) is 18.0 Å². The second-order valence-electron chi connectivity index (χ2n) is 6.77. The third kappa shape index (κ3) is 4.60. The number of carbonyl (C=O) groups is 2. The van der Waals surface area contributed by atoms with Crippen LogP contribution in [0.4, 0.5) is 5.69 Å². The number of hydrogen-bond donors (Lipinski definition) is 2. The lowest BCUT2D eigenvalue weighted by Crippen LogP contribution is -2.38. The number of benzene rings is 1. The van der Waals surface area contributed by atoms with Crippen LogP contribution >= 0.6 is 0 Å². The average Bonchev–Trinajstić information content (AvgIpc) is 2.96. The number of likely N-dealkylation sites (N-methyl/N-ethyl adjacent to an activating group) is 1. The third-order valence-corrected chi connectivity index (χ3v) is 6.33. The zero-order chi connectivity index (χ0) is 20.3. The first-order chi connectivity index (χ1) is 13.3. The molecule has 0 spiro atoms. The fourth-order valence-corrected chi connectivity index (χ4v) is 4.18. The summed E-state index contributed by atoms with van der Waals surface area (Å²) in [5, 5.41) is 5.42. The van der Waals surface area contributed by atoms with Gasteiger partial charge in [-0.15, -0.1) is 0 Å². The first-order valence-electron chi connectivity index (χ1n) is 8.97. The van der Waals surface area contributed by atoms with Crippen molar-refractivity contribution in [1.29, 1.82) is 0 Å². The first-order valence-corrected chi connectivity index (χ1v) is 10.4. The SMILES string of the molecule is Cc1ccc(CNC(=O)CN(C)S(=O)(=O)c2ccc3c(c2)CCCC(=O)N3)o1. The summed E-state index contributed by atoms with van der Waals surface area (Å²) in [6.07, 6.45) is 1.68. The molecule has 0 saturated carbocycles. The predicted molar refractivity (Wildman–Crippen MR) is 103 cm³/mol. The number of hydrogen-bond acceptors (Lipinski definition) is 5. The van der Waals surface area contributed by atoms with E-state index in [-0.39, 0.29) is 23.9 Å². The molecule has 0 fully saturated rings. The van der Waals surface area contributed by atoms with Crippen molar-refractivity contribution < 1.29 is 22.4 Å². The summed E-state index contributed by atoms with van der Waals surface area (Å²) in [6, 6.07) is 8.15. The molecule has 1 aromatic heterocycles. The first kappa shape index (κ1) is 20.1. The second-order valence-corrected chi connectivity index (χ2v) is 8.82. The maximum atomic E-state index is 12.8. The van der Waals surface area contributed by atoms with Gasteiger partial charge < -0.3 is 15.1 Å². The molecule has 0 saturated heterocycles. The van der Waals surface area contributed by atoms with E-state index in [9.17, 15) is 18.0 Å². The highest BCUT2D eigenvalue weighted by atomic mass is 32.2. The van der Waals surface area contributed by atoms with E-state index >= 15 is 0 Å². The molecule has 8 nitrogen and oxygen atoms in total. The van der Waals surface area contributed by atoms with Crippen molar-refractivity contribution >= 4 is 27.5 Å². The maximum Gasteiger partial charge on any atom is 0.243 e. The van der Waals surface area contributed by atoms with Crippen LogP contribution in [-0.4, -0.2) is 38.1 Å². The van der Waals surface area contributed by atoms with Crippen molar-refractivity contribution in [2.75, 3.05) is 18.9 Å². The highest BCUT2D eigenvalue weighted by Crippen LogP contribution is 2.26. The summed E-state index contributed by atoms with van der Waals surface area (Å²) >= 11 is 0. The van der Waals surface area contributed by atoms with Crippen LogP contribution in [0.5, 0.6) is 0 Å². The molecule has 2 amide bonds. The van der Waals surface area contributed by atoms with E-state index in [0.717, 1.165) is 15.6 Å². The molecule has 1 aliphatic rings. The number of anilines is 1. The Morgan fingerprint density at radius 2 is 2.04 bits per heavy atom. The lowest BCUT2D eigenvalue weighted by molar-refractivity contribution is -0.121. The Morgan fingerprint density at radius 1 is 1.25 bits per heavy atom. The summed E-state index contributed by atoms with van der Waals surface area (Å²) in [5.74, 6) is 0.838. The van der Waals surface area contributed by atoms with E-state index in [1.54, 1.807) is 31.2 Å². The van der Waals surface area contributed by atoms with Crippen LogP contribution in [0.2, 0.25) is 0 Å². The van der Waals surface area contributed by atoms with E-state index < -0.39 is 15.9 Å². The Kier molecular flexibility index (Phi) is 5.85. The topological polar surface area (TPSA) is 109 Å². The minimum atomic E-state index is -3.84. The van der Waals surface area contributed by atoms with Gasteiger partial charge in [-0.1, -0.05) is 0 Å². The fraction of sp³-hybridized carbons (Fsp3) is 0.368. The molecule has 2 aromatic rings. The molecule has 0 atom stereocenters. The smallest absolute Gasteiger partial charge is 0.243 e. The van der Waals surface area contributed by atoms with E-state index in [1.807, 2.05) is 0 Å². The Morgan fingerprint density at radius 3 is 2.75 bits per heavy atom. The minimum Gasteiger partial charge on any atom is -0.465 e. The van der Waals surface area contributed by atoms with Crippen LogP contribution in [0.3, 0.4) is 0 Å². The van der Waals surface area contributed by atoms with E-state index in [0.29, 0.717) is 30.7 Å². The molecule has 1 aromatic carbocycles. The lowest BCUT2D eigenvalue weighted by Gasteiger charge is -2.18. The van der Waals surface area contributed by atoms with Crippen molar-refractivity contribution in [1.82, 2.24) is 9.62 Å². The molecule has 9 heteroatoms. The van der Waals surface area contributed by atoms with Crippen LogP contribution in [0.15, 0.2) is 39.6 Å². The summed E-state index contributed by atoms with van der Waals surface area (Å²) in [7, 11) is -2.47.